The summed E-state index contributed by atoms with van der Waals surface area (Å²) in [4.78, 5) is 16.4. The summed E-state index contributed by atoms with van der Waals surface area (Å²) in [5.74, 6) is -0.0333. The van der Waals surface area contributed by atoms with Gasteiger partial charge in [0.25, 0.3) is 0 Å². The highest BCUT2D eigenvalue weighted by atomic mass is 16.6. The van der Waals surface area contributed by atoms with Crippen molar-refractivity contribution in [3.05, 3.63) is 77.0 Å². The average molecular weight is 277 g/mol. The molecule has 104 valence electrons. The van der Waals surface area contributed by atoms with Crippen molar-refractivity contribution in [1.29, 1.82) is 0 Å². The number of ether oxygens (including phenoxy) is 1. The van der Waals surface area contributed by atoms with Crippen molar-refractivity contribution in [1.82, 2.24) is 0 Å². The van der Waals surface area contributed by atoms with E-state index in [1.165, 1.54) is 5.56 Å². The normalized spacial score (nSPS) is 16.5. The summed E-state index contributed by atoms with van der Waals surface area (Å²) in [6.45, 7) is 3.92. The lowest BCUT2D eigenvalue weighted by molar-refractivity contribution is -0.129. The number of hydrogen-bond acceptors (Lipinski definition) is 3. The van der Waals surface area contributed by atoms with Crippen LogP contribution in [0.2, 0.25) is 0 Å². The van der Waals surface area contributed by atoms with Crippen molar-refractivity contribution < 1.29 is 9.53 Å². The molecule has 0 N–H and O–H groups in total. The van der Waals surface area contributed by atoms with Gasteiger partial charge in [-0.25, -0.2) is 9.79 Å². The highest BCUT2D eigenvalue weighted by Gasteiger charge is 2.26. The van der Waals surface area contributed by atoms with E-state index in [-0.39, 0.29) is 0 Å². The van der Waals surface area contributed by atoms with Gasteiger partial charge in [-0.3, -0.25) is 0 Å². The molecule has 0 spiro atoms. The predicted octanol–water partition coefficient (Wildman–Crippen LogP) is 3.73. The van der Waals surface area contributed by atoms with Crippen molar-refractivity contribution in [3.63, 3.8) is 0 Å². The minimum absolute atomic E-state index is 0.363. The molecular weight excluding hydrogens is 262 g/mol. The van der Waals surface area contributed by atoms with E-state index >= 15 is 0 Å². The van der Waals surface area contributed by atoms with Crippen LogP contribution in [0.1, 0.15) is 23.6 Å². The molecule has 21 heavy (non-hydrogen) atoms. The number of allylic oxidation sites excluding steroid dienone is 1. The molecule has 0 bridgehead atoms. The number of esters is 1. The molecule has 0 aromatic heterocycles. The Kier molecular flexibility index (Phi) is 3.40. The zero-order valence-corrected chi connectivity index (χ0v) is 12.0. The summed E-state index contributed by atoms with van der Waals surface area (Å²) in [5, 5.41) is 0. The fourth-order valence-electron chi connectivity index (χ4n) is 2.19. The van der Waals surface area contributed by atoms with Gasteiger partial charge in [-0.1, -0.05) is 48.0 Å². The molecule has 0 atom stereocenters. The Labute approximate surface area is 123 Å². The monoisotopic (exact) mass is 277 g/mol. The number of aliphatic imine (C=N–C) groups is 1. The van der Waals surface area contributed by atoms with E-state index in [4.69, 9.17) is 4.74 Å². The first-order valence-corrected chi connectivity index (χ1v) is 6.79. The number of carbonyl (C=O) groups excluding carboxylic acids is 1. The van der Waals surface area contributed by atoms with Crippen LogP contribution in [0.5, 0.6) is 0 Å². The number of nitrogens with zero attached hydrogens (tertiary/aromatic N) is 1. The van der Waals surface area contributed by atoms with Gasteiger partial charge in [-0.15, -0.1) is 0 Å². The second kappa shape index (κ2) is 5.37. The molecule has 0 radical (unpaired) electrons. The van der Waals surface area contributed by atoms with Crippen LogP contribution in [-0.4, -0.2) is 11.9 Å². The predicted molar refractivity (Wildman–Crippen MR) is 82.8 cm³/mol. The van der Waals surface area contributed by atoms with Crippen LogP contribution < -0.4 is 0 Å². The van der Waals surface area contributed by atoms with E-state index in [0.717, 1.165) is 16.7 Å². The van der Waals surface area contributed by atoms with Crippen molar-refractivity contribution in [2.75, 3.05) is 0 Å². The maximum absolute atomic E-state index is 12.0. The smallest absolute Gasteiger partial charge is 0.364 e. The zero-order valence-electron chi connectivity index (χ0n) is 12.0. The molecule has 1 aliphatic heterocycles. The molecule has 2 aromatic rings. The fourth-order valence-corrected chi connectivity index (χ4v) is 2.19. The van der Waals surface area contributed by atoms with Crippen LogP contribution in [0.4, 0.5) is 0 Å². The number of hydrogen-bond donors (Lipinski definition) is 0. The number of benzene rings is 2. The molecule has 3 heteroatoms. The van der Waals surface area contributed by atoms with E-state index in [1.807, 2.05) is 68.4 Å². The van der Waals surface area contributed by atoms with Gasteiger partial charge >= 0.3 is 5.97 Å². The molecule has 0 unspecified atom stereocenters. The van der Waals surface area contributed by atoms with Gasteiger partial charge in [-0.2, -0.15) is 0 Å². The number of aryl methyl sites for hydroxylation is 1. The Morgan fingerprint density at radius 2 is 1.67 bits per heavy atom. The average Bonchev–Trinajstić information content (AvgIpc) is 2.90. The highest BCUT2D eigenvalue weighted by Crippen LogP contribution is 2.25. The van der Waals surface area contributed by atoms with Gasteiger partial charge in [-0.05, 0) is 37.1 Å². The minimum atomic E-state index is -0.396. The molecule has 1 aliphatic rings. The van der Waals surface area contributed by atoms with Crippen LogP contribution >= 0.6 is 0 Å². The third-order valence-electron chi connectivity index (χ3n) is 3.46. The maximum atomic E-state index is 12.0. The molecule has 0 saturated heterocycles. The Morgan fingerprint density at radius 1 is 1.00 bits per heavy atom. The van der Waals surface area contributed by atoms with Crippen LogP contribution in [-0.2, 0) is 9.53 Å². The molecule has 0 fully saturated rings. The lowest BCUT2D eigenvalue weighted by Gasteiger charge is -2.02. The van der Waals surface area contributed by atoms with Crippen molar-refractivity contribution in [2.45, 2.75) is 13.8 Å². The first-order chi connectivity index (χ1) is 10.1. The molecule has 0 amide bonds. The summed E-state index contributed by atoms with van der Waals surface area (Å²) >= 11 is 0. The fraction of sp³-hybridized carbons (Fsp3) is 0.111. The van der Waals surface area contributed by atoms with Crippen molar-refractivity contribution in [3.8, 4) is 0 Å². The summed E-state index contributed by atoms with van der Waals surface area (Å²) in [6, 6.07) is 17.4. The number of rotatable bonds is 2. The molecule has 2 aromatic carbocycles. The summed E-state index contributed by atoms with van der Waals surface area (Å²) in [6.07, 6.45) is 0. The van der Waals surface area contributed by atoms with Crippen LogP contribution in [0.15, 0.2) is 65.3 Å². The molecular formula is C18H15NO2. The molecule has 0 saturated carbocycles. The first-order valence-electron chi connectivity index (χ1n) is 6.79. The van der Waals surface area contributed by atoms with E-state index < -0.39 is 5.97 Å². The Hall–Kier alpha value is -2.68. The van der Waals surface area contributed by atoms with E-state index in [9.17, 15) is 4.79 Å². The van der Waals surface area contributed by atoms with Gasteiger partial charge in [0.15, 0.2) is 5.70 Å². The maximum Gasteiger partial charge on any atom is 0.364 e. The van der Waals surface area contributed by atoms with Crippen LogP contribution in [0, 0.1) is 6.92 Å². The Bertz CT molecular complexity index is 741. The molecule has 3 rings (SSSR count). The largest absolute Gasteiger partial charge is 0.402 e. The topological polar surface area (TPSA) is 38.7 Å². The van der Waals surface area contributed by atoms with Gasteiger partial charge < -0.3 is 4.74 Å². The summed E-state index contributed by atoms with van der Waals surface area (Å²) in [7, 11) is 0. The minimum Gasteiger partial charge on any atom is -0.402 e. The molecule has 0 aliphatic carbocycles. The molecule has 3 nitrogen and oxygen atoms in total. The van der Waals surface area contributed by atoms with E-state index in [1.54, 1.807) is 0 Å². The lowest BCUT2D eigenvalue weighted by Crippen LogP contribution is -2.05. The van der Waals surface area contributed by atoms with E-state index in [2.05, 4.69) is 4.99 Å². The van der Waals surface area contributed by atoms with E-state index in [0.29, 0.717) is 11.6 Å². The zero-order chi connectivity index (χ0) is 14.8. The second-order valence-electron chi connectivity index (χ2n) is 5.01. The third kappa shape index (κ3) is 2.63. The second-order valence-corrected chi connectivity index (χ2v) is 5.01. The number of carbonyl (C=O) groups is 1. The van der Waals surface area contributed by atoms with Gasteiger partial charge in [0.1, 0.15) is 0 Å². The van der Waals surface area contributed by atoms with Crippen molar-refractivity contribution in [2.24, 2.45) is 4.99 Å². The van der Waals surface area contributed by atoms with Crippen molar-refractivity contribution >= 4 is 17.4 Å². The molecule has 1 heterocycles. The Balaban J connectivity index is 2.01. The van der Waals surface area contributed by atoms with Crippen LogP contribution in [0.25, 0.3) is 5.57 Å². The summed E-state index contributed by atoms with van der Waals surface area (Å²) in [5.41, 5.74) is 4.16. The third-order valence-corrected chi connectivity index (χ3v) is 3.46. The van der Waals surface area contributed by atoms with Gasteiger partial charge in [0.05, 0.1) is 0 Å². The lowest BCUT2D eigenvalue weighted by atomic mass is 10.0. The van der Waals surface area contributed by atoms with Crippen LogP contribution in [0.3, 0.4) is 0 Å². The number of cyclic esters (lactones) is 1. The van der Waals surface area contributed by atoms with Gasteiger partial charge in [0.2, 0.25) is 5.90 Å². The van der Waals surface area contributed by atoms with Gasteiger partial charge in [0, 0.05) is 5.56 Å². The quantitative estimate of drug-likeness (QED) is 0.619. The highest BCUT2D eigenvalue weighted by molar-refractivity contribution is 6.14. The standard InChI is InChI=1S/C18H15NO2/c1-12-8-10-14(11-9-12)13(2)16-18(20)21-17(19-16)15-6-4-3-5-7-15/h3-11H,1-2H3/b16-13-. The summed E-state index contributed by atoms with van der Waals surface area (Å²) < 4.78 is 5.28. The Morgan fingerprint density at radius 3 is 2.33 bits per heavy atom. The SMILES string of the molecule is C/C(=C1/N=C(c2ccccc2)OC1=O)c1ccc(C)cc1. The first kappa shape index (κ1) is 13.3.